The highest BCUT2D eigenvalue weighted by Crippen LogP contribution is 2.40. The summed E-state index contributed by atoms with van der Waals surface area (Å²) in [4.78, 5) is 22.2. The Morgan fingerprint density at radius 1 is 1.58 bits per heavy atom. The molecule has 132 valence electrons. The molecule has 1 aromatic heterocycles. The van der Waals surface area contributed by atoms with Gasteiger partial charge in [-0.2, -0.15) is 28.4 Å². The van der Waals surface area contributed by atoms with Gasteiger partial charge in [-0.3, -0.25) is 19.6 Å². The van der Waals surface area contributed by atoms with E-state index in [0.717, 1.165) is 17.1 Å². The molecule has 12 heteroatoms. The molecule has 1 aromatic rings. The summed E-state index contributed by atoms with van der Waals surface area (Å²) in [5.74, 6) is -2.11. The number of rotatable bonds is 4. The molecule has 0 saturated carbocycles. The third-order valence-corrected chi connectivity index (χ3v) is 3.50. The van der Waals surface area contributed by atoms with Crippen LogP contribution in [0.3, 0.4) is 0 Å². The zero-order valence-electron chi connectivity index (χ0n) is 12.7. The van der Waals surface area contributed by atoms with E-state index in [1.165, 1.54) is 13.8 Å². The minimum absolute atomic E-state index is 0.0327. The van der Waals surface area contributed by atoms with Crippen molar-refractivity contribution < 1.29 is 28.0 Å². The number of carbonyl (C=O) groups is 1. The van der Waals surface area contributed by atoms with Gasteiger partial charge in [0.1, 0.15) is 12.4 Å². The van der Waals surface area contributed by atoms with E-state index in [-0.39, 0.29) is 23.0 Å². The van der Waals surface area contributed by atoms with Gasteiger partial charge in [-0.15, -0.1) is 0 Å². The van der Waals surface area contributed by atoms with Gasteiger partial charge in [-0.25, -0.2) is 0 Å². The molecule has 1 N–H and O–H groups in total. The van der Waals surface area contributed by atoms with Gasteiger partial charge in [-0.05, 0) is 6.92 Å². The second-order valence-electron chi connectivity index (χ2n) is 5.56. The van der Waals surface area contributed by atoms with E-state index in [1.54, 1.807) is 0 Å². The standard InChI is InChI=1S/C12H14F3N5O4/c1-7(5-18-6-9(4-16-18)20(23)24)10(21)19-11(22,12(13,14)15)3-8(2)17-19/h4,6-7,22H,3,5H2,1-2H3. The number of nitrogens with zero attached hydrogens (tertiary/aromatic N) is 5. The van der Waals surface area contributed by atoms with Gasteiger partial charge in [0.2, 0.25) is 5.91 Å². The molecule has 2 heterocycles. The maximum absolute atomic E-state index is 13.1. The number of nitro groups is 1. The third-order valence-electron chi connectivity index (χ3n) is 3.50. The molecule has 0 aliphatic carbocycles. The van der Waals surface area contributed by atoms with Crippen LogP contribution in [0.25, 0.3) is 0 Å². The van der Waals surface area contributed by atoms with E-state index in [1.807, 2.05) is 0 Å². The molecule has 0 radical (unpaired) electrons. The van der Waals surface area contributed by atoms with Crippen molar-refractivity contribution in [3.05, 3.63) is 22.5 Å². The van der Waals surface area contributed by atoms with Gasteiger partial charge < -0.3 is 5.11 Å². The summed E-state index contributed by atoms with van der Waals surface area (Å²) in [5, 5.41) is 27.6. The van der Waals surface area contributed by atoms with Crippen LogP contribution < -0.4 is 0 Å². The SMILES string of the molecule is CC1=NN(C(=O)C(C)Cn2cc([N+](=O)[O-])cn2)C(O)(C(F)(F)F)C1. The fraction of sp³-hybridized carbons (Fsp3) is 0.583. The first-order chi connectivity index (χ1) is 11.0. The molecule has 9 nitrogen and oxygen atoms in total. The van der Waals surface area contributed by atoms with E-state index >= 15 is 0 Å². The first-order valence-electron chi connectivity index (χ1n) is 6.80. The van der Waals surface area contributed by atoms with Gasteiger partial charge in [0.25, 0.3) is 5.72 Å². The largest absolute Gasteiger partial charge is 0.438 e. The van der Waals surface area contributed by atoms with E-state index < -0.39 is 35.1 Å². The molecule has 1 aliphatic rings. The van der Waals surface area contributed by atoms with E-state index in [2.05, 4.69) is 10.2 Å². The molecule has 1 aliphatic heterocycles. The quantitative estimate of drug-likeness (QED) is 0.650. The maximum atomic E-state index is 13.1. The predicted molar refractivity (Wildman–Crippen MR) is 73.6 cm³/mol. The van der Waals surface area contributed by atoms with Crippen molar-refractivity contribution in [3.8, 4) is 0 Å². The average Bonchev–Trinajstić information content (AvgIpc) is 3.02. The molecule has 0 saturated heterocycles. The molecule has 2 rings (SSSR count). The highest BCUT2D eigenvalue weighted by Gasteiger charge is 2.62. The molecule has 0 aromatic carbocycles. The van der Waals surface area contributed by atoms with Crippen LogP contribution >= 0.6 is 0 Å². The van der Waals surface area contributed by atoms with Gasteiger partial charge in [0.05, 0.1) is 17.4 Å². The molecule has 24 heavy (non-hydrogen) atoms. The monoisotopic (exact) mass is 349 g/mol. The lowest BCUT2D eigenvalue weighted by atomic mass is 10.1. The number of aliphatic hydroxyl groups is 1. The zero-order chi connectivity index (χ0) is 18.3. The van der Waals surface area contributed by atoms with Crippen LogP contribution in [-0.4, -0.2) is 48.3 Å². The lowest BCUT2D eigenvalue weighted by Crippen LogP contribution is -2.57. The van der Waals surface area contributed by atoms with Crippen molar-refractivity contribution in [3.63, 3.8) is 0 Å². The van der Waals surface area contributed by atoms with Crippen LogP contribution in [0.2, 0.25) is 0 Å². The van der Waals surface area contributed by atoms with Crippen LogP contribution in [0.4, 0.5) is 18.9 Å². The second kappa shape index (κ2) is 5.85. The minimum atomic E-state index is -5.08. The first-order valence-corrected chi connectivity index (χ1v) is 6.80. The van der Waals surface area contributed by atoms with Crippen LogP contribution in [0.5, 0.6) is 0 Å². The molecular weight excluding hydrogens is 335 g/mol. The van der Waals surface area contributed by atoms with Gasteiger partial charge in [-0.1, -0.05) is 6.92 Å². The molecular formula is C12H14F3N5O4. The van der Waals surface area contributed by atoms with E-state index in [0.29, 0.717) is 0 Å². The molecule has 0 spiro atoms. The molecule has 2 atom stereocenters. The topological polar surface area (TPSA) is 114 Å². The summed E-state index contributed by atoms with van der Waals surface area (Å²) in [6.07, 6.45) is -3.89. The summed E-state index contributed by atoms with van der Waals surface area (Å²) in [7, 11) is 0. The minimum Gasteiger partial charge on any atom is -0.362 e. The van der Waals surface area contributed by atoms with Crippen molar-refractivity contribution in [2.45, 2.75) is 38.7 Å². The van der Waals surface area contributed by atoms with Crippen molar-refractivity contribution in [1.29, 1.82) is 0 Å². The van der Waals surface area contributed by atoms with Gasteiger partial charge in [0.15, 0.2) is 0 Å². The summed E-state index contributed by atoms with van der Waals surface area (Å²) in [6, 6.07) is 0. The fourth-order valence-electron chi connectivity index (χ4n) is 2.29. The number of hydrogen-bond donors (Lipinski definition) is 1. The van der Waals surface area contributed by atoms with Crippen molar-refractivity contribution >= 4 is 17.3 Å². The number of hydrogen-bond acceptors (Lipinski definition) is 6. The Bertz CT molecular complexity index is 701. The Balaban J connectivity index is 2.18. The number of hydrazone groups is 1. The van der Waals surface area contributed by atoms with E-state index in [9.17, 15) is 33.2 Å². The number of carbonyl (C=O) groups excluding carboxylic acids is 1. The summed E-state index contributed by atoms with van der Waals surface area (Å²) < 4.78 is 40.4. The van der Waals surface area contributed by atoms with Crippen LogP contribution in [-0.2, 0) is 11.3 Å². The number of alkyl halides is 3. The Morgan fingerprint density at radius 2 is 2.21 bits per heavy atom. The smallest absolute Gasteiger partial charge is 0.362 e. The lowest BCUT2D eigenvalue weighted by molar-refractivity contribution is -0.385. The second-order valence-corrected chi connectivity index (χ2v) is 5.56. The summed E-state index contributed by atoms with van der Waals surface area (Å²) in [5.41, 5.74) is -3.74. The van der Waals surface area contributed by atoms with E-state index in [4.69, 9.17) is 0 Å². The zero-order valence-corrected chi connectivity index (χ0v) is 12.7. The maximum Gasteiger partial charge on any atom is 0.438 e. The van der Waals surface area contributed by atoms with Crippen molar-refractivity contribution in [2.75, 3.05) is 0 Å². The Labute approximate surface area is 133 Å². The van der Waals surface area contributed by atoms with Gasteiger partial charge in [0, 0.05) is 12.1 Å². The van der Waals surface area contributed by atoms with Crippen LogP contribution in [0.1, 0.15) is 20.3 Å². The summed E-state index contributed by atoms with van der Waals surface area (Å²) in [6.45, 7) is 2.38. The molecule has 0 fully saturated rings. The molecule has 1 amide bonds. The summed E-state index contributed by atoms with van der Waals surface area (Å²) >= 11 is 0. The van der Waals surface area contributed by atoms with Gasteiger partial charge >= 0.3 is 11.9 Å². The third kappa shape index (κ3) is 3.09. The van der Waals surface area contributed by atoms with Crippen LogP contribution in [0.15, 0.2) is 17.5 Å². The highest BCUT2D eigenvalue weighted by molar-refractivity contribution is 5.89. The Kier molecular flexibility index (Phi) is 4.35. The van der Waals surface area contributed by atoms with Crippen molar-refractivity contribution in [1.82, 2.24) is 14.8 Å². The highest BCUT2D eigenvalue weighted by atomic mass is 19.4. The lowest BCUT2D eigenvalue weighted by Gasteiger charge is -2.33. The number of amides is 1. The Morgan fingerprint density at radius 3 is 2.71 bits per heavy atom. The predicted octanol–water partition coefficient (Wildman–Crippen LogP) is 1.29. The average molecular weight is 349 g/mol. The molecule has 2 unspecified atom stereocenters. The number of halogens is 3. The van der Waals surface area contributed by atoms with Crippen molar-refractivity contribution in [2.24, 2.45) is 11.0 Å². The fourth-order valence-corrected chi connectivity index (χ4v) is 2.29. The van der Waals surface area contributed by atoms with Crippen LogP contribution in [0, 0.1) is 16.0 Å². The molecule has 0 bridgehead atoms. The first kappa shape index (κ1) is 17.8. The Hall–Kier alpha value is -2.50. The normalized spacial score (nSPS) is 22.4. The number of aromatic nitrogens is 2.